The van der Waals surface area contributed by atoms with E-state index in [1.54, 1.807) is 19.0 Å². The summed E-state index contributed by atoms with van der Waals surface area (Å²) in [6, 6.07) is 9.67. The van der Waals surface area contributed by atoms with E-state index in [2.05, 4.69) is 4.98 Å². The molecular weight excluding hydrogens is 320 g/mol. The molecule has 2 heterocycles. The summed E-state index contributed by atoms with van der Waals surface area (Å²) in [5.41, 5.74) is 0.718. The molecule has 0 N–H and O–H groups in total. The van der Waals surface area contributed by atoms with Crippen LogP contribution < -0.4 is 16.1 Å². The highest BCUT2D eigenvalue weighted by Crippen LogP contribution is 2.19. The molecule has 0 aliphatic heterocycles. The van der Waals surface area contributed by atoms with E-state index >= 15 is 0 Å². The highest BCUT2D eigenvalue weighted by molar-refractivity contribution is 5.75. The quantitative estimate of drug-likeness (QED) is 0.693. The van der Waals surface area contributed by atoms with Gasteiger partial charge in [-0.2, -0.15) is 5.26 Å². The van der Waals surface area contributed by atoms with Gasteiger partial charge < -0.3 is 9.47 Å². The molecule has 0 fully saturated rings. The molecular formula is C17H18N6O2. The van der Waals surface area contributed by atoms with Crippen LogP contribution in [0.4, 0.5) is 5.82 Å². The Morgan fingerprint density at radius 3 is 2.44 bits per heavy atom. The third-order valence-corrected chi connectivity index (χ3v) is 4.37. The molecule has 0 atom stereocenters. The van der Waals surface area contributed by atoms with Crippen molar-refractivity contribution in [2.75, 3.05) is 11.9 Å². The number of nitrogens with zero attached hydrogens (tertiary/aromatic N) is 6. The smallest absolute Gasteiger partial charge is 0.332 e. The minimum atomic E-state index is -0.600. The first kappa shape index (κ1) is 16.5. The Labute approximate surface area is 143 Å². The predicted octanol–water partition coefficient (Wildman–Crippen LogP) is 0.479. The van der Waals surface area contributed by atoms with Gasteiger partial charge in [0.25, 0.3) is 5.56 Å². The maximum Gasteiger partial charge on any atom is 0.332 e. The van der Waals surface area contributed by atoms with E-state index in [0.717, 1.165) is 21.4 Å². The number of para-hydroxylation sites is 2. The number of fused-ring (bicyclic) bond motifs is 1. The van der Waals surface area contributed by atoms with Gasteiger partial charge in [-0.3, -0.25) is 13.9 Å². The number of imidazole rings is 1. The number of hydrogen-bond donors (Lipinski definition) is 0. The van der Waals surface area contributed by atoms with Crippen LogP contribution in [-0.4, -0.2) is 25.7 Å². The van der Waals surface area contributed by atoms with Crippen molar-refractivity contribution in [2.24, 2.45) is 21.1 Å². The number of anilines is 1. The van der Waals surface area contributed by atoms with E-state index in [1.165, 1.54) is 11.6 Å². The number of benzene rings is 1. The van der Waals surface area contributed by atoms with Crippen molar-refractivity contribution >= 4 is 16.9 Å². The van der Waals surface area contributed by atoms with Crippen LogP contribution in [0.2, 0.25) is 0 Å². The number of aryl methyl sites for hydroxylation is 1. The van der Waals surface area contributed by atoms with Gasteiger partial charge in [-0.15, -0.1) is 0 Å². The van der Waals surface area contributed by atoms with Gasteiger partial charge in [-0.25, -0.2) is 9.78 Å². The van der Waals surface area contributed by atoms with Crippen LogP contribution in [0.1, 0.15) is 11.4 Å². The average Bonchev–Trinajstić information content (AvgIpc) is 2.92. The van der Waals surface area contributed by atoms with Gasteiger partial charge in [0.1, 0.15) is 17.7 Å². The third kappa shape index (κ3) is 2.50. The van der Waals surface area contributed by atoms with E-state index in [0.29, 0.717) is 6.54 Å². The van der Waals surface area contributed by atoms with Crippen LogP contribution in [0.15, 0.2) is 33.9 Å². The molecule has 0 saturated carbocycles. The van der Waals surface area contributed by atoms with Crippen molar-refractivity contribution in [3.63, 3.8) is 0 Å². The van der Waals surface area contributed by atoms with E-state index in [4.69, 9.17) is 0 Å². The Hall–Kier alpha value is -3.34. The fraction of sp³-hybridized carbons (Fsp3) is 0.294. The molecule has 8 nitrogen and oxygen atoms in total. The molecule has 0 amide bonds. The van der Waals surface area contributed by atoms with Gasteiger partial charge in [0.2, 0.25) is 0 Å². The number of aromatic nitrogens is 4. The first-order chi connectivity index (χ1) is 11.9. The zero-order valence-electron chi connectivity index (χ0n) is 14.5. The third-order valence-electron chi connectivity index (χ3n) is 4.37. The summed E-state index contributed by atoms with van der Waals surface area (Å²) in [5, 5.41) is 9.40. The van der Waals surface area contributed by atoms with Gasteiger partial charge in [-0.05, 0) is 12.1 Å². The van der Waals surface area contributed by atoms with Crippen molar-refractivity contribution < 1.29 is 0 Å². The molecule has 1 aromatic carbocycles. The minimum absolute atomic E-state index is 0.0640. The number of nitriles is 1. The molecule has 2 aromatic heterocycles. The normalized spacial score (nSPS) is 10.8. The van der Waals surface area contributed by atoms with Gasteiger partial charge in [0.05, 0.1) is 17.6 Å². The van der Waals surface area contributed by atoms with Gasteiger partial charge >= 0.3 is 5.69 Å². The Morgan fingerprint density at radius 1 is 1.12 bits per heavy atom. The highest BCUT2D eigenvalue weighted by atomic mass is 16.2. The molecule has 0 radical (unpaired) electrons. The second-order valence-electron chi connectivity index (χ2n) is 5.95. The Kier molecular flexibility index (Phi) is 3.93. The molecule has 0 aliphatic rings. The van der Waals surface area contributed by atoms with Crippen molar-refractivity contribution in [1.29, 1.82) is 5.26 Å². The predicted molar refractivity (Wildman–Crippen MR) is 94.5 cm³/mol. The zero-order chi connectivity index (χ0) is 18.3. The van der Waals surface area contributed by atoms with Crippen LogP contribution >= 0.6 is 0 Å². The standard InChI is InChI=1S/C17H18N6O2/c1-20(10-14-19-12-7-5-6-8-13(12)21(14)2)15-11(9-18)16(24)23(4)17(25)22(15)3/h5-8H,10H2,1-4H3. The van der Waals surface area contributed by atoms with Crippen molar-refractivity contribution in [3.05, 3.63) is 56.5 Å². The molecule has 25 heavy (non-hydrogen) atoms. The summed E-state index contributed by atoms with van der Waals surface area (Å²) >= 11 is 0. The molecule has 0 bridgehead atoms. The van der Waals surface area contributed by atoms with Gasteiger partial charge in [0.15, 0.2) is 5.56 Å². The lowest BCUT2D eigenvalue weighted by molar-refractivity contribution is 0.659. The van der Waals surface area contributed by atoms with Crippen LogP contribution in [0, 0.1) is 11.3 Å². The molecule has 0 saturated heterocycles. The lowest BCUT2D eigenvalue weighted by Crippen LogP contribution is -2.41. The second kappa shape index (κ2) is 5.94. The number of hydrogen-bond acceptors (Lipinski definition) is 5. The lowest BCUT2D eigenvalue weighted by Gasteiger charge is -2.22. The van der Waals surface area contributed by atoms with Gasteiger partial charge in [0, 0.05) is 28.2 Å². The Balaban J connectivity index is 2.12. The molecule has 0 unspecified atom stereocenters. The summed E-state index contributed by atoms with van der Waals surface area (Å²) in [7, 11) is 6.55. The number of rotatable bonds is 3. The first-order valence-corrected chi connectivity index (χ1v) is 7.68. The topological polar surface area (TPSA) is 88.8 Å². The fourth-order valence-corrected chi connectivity index (χ4v) is 3.00. The summed E-state index contributed by atoms with van der Waals surface area (Å²) < 4.78 is 4.20. The van der Waals surface area contributed by atoms with Crippen molar-refractivity contribution in [3.8, 4) is 6.07 Å². The summed E-state index contributed by atoms with van der Waals surface area (Å²) in [4.78, 5) is 30.7. The average molecular weight is 338 g/mol. The maximum atomic E-state index is 12.2. The van der Waals surface area contributed by atoms with Crippen LogP contribution in [0.5, 0.6) is 0 Å². The zero-order valence-corrected chi connectivity index (χ0v) is 14.5. The van der Waals surface area contributed by atoms with E-state index in [-0.39, 0.29) is 11.4 Å². The lowest BCUT2D eigenvalue weighted by atomic mass is 10.3. The first-order valence-electron chi connectivity index (χ1n) is 7.68. The molecule has 128 valence electrons. The largest absolute Gasteiger partial charge is 0.352 e. The Morgan fingerprint density at radius 2 is 1.80 bits per heavy atom. The maximum absolute atomic E-state index is 12.2. The molecule has 8 heteroatoms. The molecule has 3 aromatic rings. The monoisotopic (exact) mass is 338 g/mol. The highest BCUT2D eigenvalue weighted by Gasteiger charge is 2.20. The molecule has 0 aliphatic carbocycles. The van der Waals surface area contributed by atoms with Crippen molar-refractivity contribution in [2.45, 2.75) is 6.54 Å². The van der Waals surface area contributed by atoms with Crippen LogP contribution in [0.3, 0.4) is 0 Å². The summed E-state index contributed by atoms with van der Waals surface area (Å²) in [5.74, 6) is 1.04. The van der Waals surface area contributed by atoms with Crippen molar-refractivity contribution in [1.82, 2.24) is 18.7 Å². The molecule has 3 rings (SSSR count). The SMILES string of the molecule is CN(Cc1nc2ccccc2n1C)c1c(C#N)c(=O)n(C)c(=O)n1C. The van der Waals surface area contributed by atoms with E-state index in [1.807, 2.05) is 41.9 Å². The minimum Gasteiger partial charge on any atom is -0.352 e. The van der Waals surface area contributed by atoms with E-state index < -0.39 is 11.2 Å². The fourth-order valence-electron chi connectivity index (χ4n) is 3.00. The molecule has 0 spiro atoms. The summed E-state index contributed by atoms with van der Waals surface area (Å²) in [6.07, 6.45) is 0. The van der Waals surface area contributed by atoms with Gasteiger partial charge in [-0.1, -0.05) is 12.1 Å². The van der Waals surface area contributed by atoms with E-state index in [9.17, 15) is 14.9 Å². The summed E-state index contributed by atoms with van der Waals surface area (Å²) in [6.45, 7) is 0.348. The second-order valence-corrected chi connectivity index (χ2v) is 5.95. The van der Waals surface area contributed by atoms with Crippen LogP contribution in [-0.2, 0) is 27.7 Å². The van der Waals surface area contributed by atoms with Crippen LogP contribution in [0.25, 0.3) is 11.0 Å². The Bertz CT molecular complexity index is 1130.